The van der Waals surface area contributed by atoms with Crippen LogP contribution in [-0.2, 0) is 27.7 Å². The van der Waals surface area contributed by atoms with Gasteiger partial charge < -0.3 is 5.11 Å². The summed E-state index contributed by atoms with van der Waals surface area (Å²) in [4.78, 5) is 10.6. The quantitative estimate of drug-likeness (QED) is 0.787. The van der Waals surface area contributed by atoms with E-state index in [4.69, 9.17) is 5.11 Å². The molecule has 0 heterocycles. The minimum atomic E-state index is -0.855. The normalized spacial score (nSPS) is 8.83. The van der Waals surface area contributed by atoms with Gasteiger partial charge in [-0.2, -0.15) is 0 Å². The maximum atomic E-state index is 10.6. The van der Waals surface area contributed by atoms with Crippen LogP contribution in [0, 0.1) is 13.8 Å². The fourth-order valence-electron chi connectivity index (χ4n) is 0.966. The third-order valence-corrected chi connectivity index (χ3v) is 1.62. The summed E-state index contributed by atoms with van der Waals surface area (Å²) in [7, 11) is 0. The van der Waals surface area contributed by atoms with Gasteiger partial charge in [-0.25, -0.2) is 4.79 Å². The number of hydrogen-bond donors (Lipinski definition) is 1. The molecule has 0 fully saturated rings. The zero-order valence-electron chi connectivity index (χ0n) is 7.29. The van der Waals surface area contributed by atoms with Gasteiger partial charge in [0.1, 0.15) is 0 Å². The molecule has 1 rings (SSSR count). The zero-order chi connectivity index (χ0) is 8.43. The van der Waals surface area contributed by atoms with Gasteiger partial charge in [-0.05, 0) is 25.5 Å². The number of aromatic carboxylic acids is 1. The summed E-state index contributed by atoms with van der Waals surface area (Å²) >= 11 is 0. The summed E-state index contributed by atoms with van der Waals surface area (Å²) in [6.07, 6.45) is 0. The van der Waals surface area contributed by atoms with Gasteiger partial charge in [0.25, 0.3) is 0 Å². The molecule has 0 aliphatic rings. The molecule has 0 aliphatic carbocycles. The molecule has 0 radical (unpaired) electrons. The Kier molecular flexibility index (Phi) is 4.46. The van der Waals surface area contributed by atoms with Gasteiger partial charge in [0.05, 0.1) is 5.56 Å². The van der Waals surface area contributed by atoms with Gasteiger partial charge in [0, 0.05) is 27.7 Å². The van der Waals surface area contributed by atoms with Gasteiger partial charge in [0.15, 0.2) is 0 Å². The van der Waals surface area contributed by atoms with E-state index in [2.05, 4.69) is 0 Å². The van der Waals surface area contributed by atoms with E-state index in [-0.39, 0.29) is 27.7 Å². The Morgan fingerprint density at radius 3 is 2.33 bits per heavy atom. The van der Waals surface area contributed by atoms with Crippen LogP contribution in [0.25, 0.3) is 0 Å². The average molecular weight is 351 g/mol. The molecule has 2 nitrogen and oxygen atoms in total. The van der Waals surface area contributed by atoms with Crippen LogP contribution in [0.15, 0.2) is 18.2 Å². The van der Waals surface area contributed by atoms with Crippen molar-refractivity contribution in [1.29, 1.82) is 0 Å². The Hall–Kier alpha value is -0.375. The monoisotopic (exact) mass is 352 g/mol. The molecule has 0 amide bonds. The zero-order valence-corrected chi connectivity index (χ0v) is 12.8. The molecular weight excluding hydrogens is 341 g/mol. The summed E-state index contributed by atoms with van der Waals surface area (Å²) in [6, 6.07) is 5.40. The Labute approximate surface area is 92.1 Å². The van der Waals surface area contributed by atoms with Crippen molar-refractivity contribution >= 4 is 5.97 Å². The average Bonchev–Trinajstić information content (AvgIpc) is 1.94. The number of aryl methyl sites for hydroxylation is 2. The molecule has 60 valence electrons. The molecule has 1 N–H and O–H groups in total. The van der Waals surface area contributed by atoms with E-state index >= 15 is 0 Å². The predicted molar refractivity (Wildman–Crippen MR) is 42.9 cm³/mol. The Morgan fingerprint density at radius 2 is 1.92 bits per heavy atom. The van der Waals surface area contributed by atoms with Crippen molar-refractivity contribution in [3.05, 3.63) is 34.9 Å². The third-order valence-electron chi connectivity index (χ3n) is 1.62. The number of benzene rings is 1. The topological polar surface area (TPSA) is 37.3 Å². The van der Waals surface area contributed by atoms with Gasteiger partial charge in [-0.3, -0.25) is 0 Å². The molecule has 0 bridgehead atoms. The SMILES string of the molecule is Cc1ccc(C)c(C(=O)O)c1.[Hg]. The smallest absolute Gasteiger partial charge is 0.335 e. The van der Waals surface area contributed by atoms with Crippen LogP contribution < -0.4 is 0 Å². The first-order chi connectivity index (χ1) is 5.11. The van der Waals surface area contributed by atoms with E-state index < -0.39 is 5.97 Å². The van der Waals surface area contributed by atoms with E-state index in [9.17, 15) is 4.79 Å². The minimum Gasteiger partial charge on any atom is -0.478 e. The Morgan fingerprint density at radius 1 is 1.33 bits per heavy atom. The van der Waals surface area contributed by atoms with Crippen molar-refractivity contribution in [2.24, 2.45) is 0 Å². The van der Waals surface area contributed by atoms with Crippen LogP contribution >= 0.6 is 0 Å². The number of rotatable bonds is 1. The minimum absolute atomic E-state index is 0. The van der Waals surface area contributed by atoms with Gasteiger partial charge in [0.2, 0.25) is 0 Å². The first-order valence-electron chi connectivity index (χ1n) is 3.42. The molecule has 0 atom stereocenters. The maximum Gasteiger partial charge on any atom is 0.335 e. The fourth-order valence-corrected chi connectivity index (χ4v) is 0.966. The van der Waals surface area contributed by atoms with Crippen molar-refractivity contribution in [2.45, 2.75) is 13.8 Å². The molecule has 1 aromatic rings. The largest absolute Gasteiger partial charge is 0.478 e. The van der Waals surface area contributed by atoms with Crippen molar-refractivity contribution in [3.63, 3.8) is 0 Å². The molecule has 1 aromatic carbocycles. The Bertz CT molecular complexity index is 295. The second-order valence-electron chi connectivity index (χ2n) is 2.62. The molecule has 3 heteroatoms. The van der Waals surface area contributed by atoms with E-state index in [1.54, 1.807) is 13.0 Å². The maximum absolute atomic E-state index is 10.6. The van der Waals surface area contributed by atoms with Crippen LogP contribution in [-0.4, -0.2) is 11.1 Å². The van der Waals surface area contributed by atoms with E-state index in [1.165, 1.54) is 0 Å². The standard InChI is InChI=1S/C9H10O2.Hg/c1-6-3-4-7(2)8(5-6)9(10)11;/h3-5H,1-2H3,(H,10,11);. The number of carboxylic acids is 1. The summed E-state index contributed by atoms with van der Waals surface area (Å²) in [5.74, 6) is -0.855. The molecule has 0 unspecified atom stereocenters. The second-order valence-corrected chi connectivity index (χ2v) is 2.62. The molecular formula is C9H10HgO2. The molecule has 0 aromatic heterocycles. The first-order valence-corrected chi connectivity index (χ1v) is 3.42. The van der Waals surface area contributed by atoms with Crippen LogP contribution in [0.3, 0.4) is 0 Å². The summed E-state index contributed by atoms with van der Waals surface area (Å²) in [5, 5.41) is 8.69. The van der Waals surface area contributed by atoms with Gasteiger partial charge in [-0.15, -0.1) is 0 Å². The Balaban J connectivity index is 0.00000121. The first kappa shape index (κ1) is 11.6. The number of carbonyl (C=O) groups is 1. The van der Waals surface area contributed by atoms with E-state index in [0.717, 1.165) is 11.1 Å². The molecule has 0 saturated heterocycles. The fraction of sp³-hybridized carbons (Fsp3) is 0.222. The van der Waals surface area contributed by atoms with Crippen LogP contribution in [0.4, 0.5) is 0 Å². The molecule has 0 spiro atoms. The van der Waals surface area contributed by atoms with Crippen LogP contribution in [0.1, 0.15) is 21.5 Å². The predicted octanol–water partition coefficient (Wildman–Crippen LogP) is 2.00. The van der Waals surface area contributed by atoms with Gasteiger partial charge >= 0.3 is 5.97 Å². The molecule has 12 heavy (non-hydrogen) atoms. The number of carboxylic acid groups (broad SMARTS) is 1. The van der Waals surface area contributed by atoms with Crippen molar-refractivity contribution in [3.8, 4) is 0 Å². The van der Waals surface area contributed by atoms with E-state index in [0.29, 0.717) is 5.56 Å². The summed E-state index contributed by atoms with van der Waals surface area (Å²) < 4.78 is 0. The summed E-state index contributed by atoms with van der Waals surface area (Å²) in [6.45, 7) is 3.68. The summed E-state index contributed by atoms with van der Waals surface area (Å²) in [5.41, 5.74) is 2.18. The second kappa shape index (κ2) is 4.60. The van der Waals surface area contributed by atoms with Crippen LogP contribution in [0.5, 0.6) is 0 Å². The van der Waals surface area contributed by atoms with Gasteiger partial charge in [-0.1, -0.05) is 17.7 Å². The number of hydrogen-bond acceptors (Lipinski definition) is 1. The van der Waals surface area contributed by atoms with Crippen LogP contribution in [0.2, 0.25) is 0 Å². The van der Waals surface area contributed by atoms with Crippen molar-refractivity contribution in [2.75, 3.05) is 0 Å². The molecule has 0 aliphatic heterocycles. The third kappa shape index (κ3) is 2.59. The van der Waals surface area contributed by atoms with Crippen molar-refractivity contribution in [1.82, 2.24) is 0 Å². The molecule has 0 saturated carbocycles. The van der Waals surface area contributed by atoms with E-state index in [1.807, 2.05) is 19.1 Å². The van der Waals surface area contributed by atoms with Crippen molar-refractivity contribution < 1.29 is 37.6 Å².